The third kappa shape index (κ3) is 8.73. The maximum Gasteiger partial charge on any atom is 0.416 e. The van der Waals surface area contributed by atoms with E-state index < -0.39 is 29.9 Å². The van der Waals surface area contributed by atoms with Gasteiger partial charge in [-0.05, 0) is 60.0 Å². The number of hydrogen-bond donors (Lipinski definition) is 2. The Morgan fingerprint density at radius 2 is 1.57 bits per heavy atom. The fraction of sp³-hybridized carbons (Fsp3) is 0.444. The lowest BCUT2D eigenvalue weighted by Crippen LogP contribution is -2.58. The summed E-state index contributed by atoms with van der Waals surface area (Å²) < 4.78 is 42.3. The highest BCUT2D eigenvalue weighted by molar-refractivity contribution is 6.30. The van der Waals surface area contributed by atoms with E-state index in [2.05, 4.69) is 20.4 Å². The maximum atomic E-state index is 14.1. The molecule has 0 saturated carbocycles. The summed E-state index contributed by atoms with van der Waals surface area (Å²) in [6, 6.07) is 19.2. The van der Waals surface area contributed by atoms with Crippen LogP contribution in [0, 0.1) is 0 Å². The number of hydrogen-bond acceptors (Lipinski definition) is 5. The van der Waals surface area contributed by atoms with Gasteiger partial charge in [0.15, 0.2) is 0 Å². The lowest BCUT2D eigenvalue weighted by Gasteiger charge is -2.42. The molecule has 2 aliphatic rings. The van der Waals surface area contributed by atoms with Crippen LogP contribution in [0.2, 0.25) is 5.02 Å². The van der Waals surface area contributed by atoms with Crippen LogP contribution < -0.4 is 10.6 Å². The first kappa shape index (κ1) is 34.9. The summed E-state index contributed by atoms with van der Waals surface area (Å²) in [6.07, 6.45) is -3.66. The van der Waals surface area contributed by atoms with Gasteiger partial charge in [0.2, 0.25) is 11.8 Å². The number of alkyl halides is 3. The van der Waals surface area contributed by atoms with Gasteiger partial charge in [-0.2, -0.15) is 13.2 Å². The minimum absolute atomic E-state index is 0.208. The van der Waals surface area contributed by atoms with Crippen LogP contribution >= 0.6 is 11.6 Å². The van der Waals surface area contributed by atoms with Crippen LogP contribution in [0.5, 0.6) is 0 Å². The summed E-state index contributed by atoms with van der Waals surface area (Å²) in [6.45, 7) is 7.94. The lowest BCUT2D eigenvalue weighted by atomic mass is 9.95. The summed E-state index contributed by atoms with van der Waals surface area (Å²) in [4.78, 5) is 33.5. The summed E-state index contributed by atoms with van der Waals surface area (Å²) in [5.41, 5.74) is 2.74. The van der Waals surface area contributed by atoms with Crippen LogP contribution in [0.3, 0.4) is 0 Å². The zero-order valence-corrected chi connectivity index (χ0v) is 27.7. The zero-order chi connectivity index (χ0) is 33.6. The Morgan fingerprint density at radius 1 is 0.936 bits per heavy atom. The number of carbonyl (C=O) groups is 2. The molecule has 0 spiro atoms. The molecule has 0 radical (unpaired) electrons. The second-order valence-electron chi connectivity index (χ2n) is 12.2. The highest BCUT2D eigenvalue weighted by atomic mass is 35.5. The molecule has 1 saturated heterocycles. The van der Waals surface area contributed by atoms with Gasteiger partial charge in [0.1, 0.15) is 6.04 Å². The van der Waals surface area contributed by atoms with Crippen molar-refractivity contribution in [1.29, 1.82) is 0 Å². The fourth-order valence-corrected chi connectivity index (χ4v) is 6.75. The Hall–Kier alpha value is -3.44. The van der Waals surface area contributed by atoms with Crippen LogP contribution in [-0.4, -0.2) is 84.4 Å². The van der Waals surface area contributed by atoms with Crippen LogP contribution in [0.4, 0.5) is 13.2 Å². The molecule has 47 heavy (non-hydrogen) atoms. The second-order valence-corrected chi connectivity index (χ2v) is 12.7. The smallest absolute Gasteiger partial charge is 0.343 e. The van der Waals surface area contributed by atoms with Crippen molar-refractivity contribution < 1.29 is 22.8 Å². The molecule has 0 aromatic heterocycles. The summed E-state index contributed by atoms with van der Waals surface area (Å²) in [5, 5.41) is 6.91. The molecule has 0 bridgehead atoms. The molecular weight excluding hydrogens is 627 g/mol. The first-order valence-corrected chi connectivity index (χ1v) is 16.7. The van der Waals surface area contributed by atoms with E-state index in [0.717, 1.165) is 22.8 Å². The number of fused-ring (bicyclic) bond motifs is 1. The van der Waals surface area contributed by atoms with Gasteiger partial charge < -0.3 is 20.4 Å². The van der Waals surface area contributed by atoms with Crippen molar-refractivity contribution in [1.82, 2.24) is 25.3 Å². The van der Waals surface area contributed by atoms with Crippen molar-refractivity contribution in [3.63, 3.8) is 0 Å². The number of likely N-dealkylation sites (N-methyl/N-ethyl adjacent to an activating group) is 1. The van der Waals surface area contributed by atoms with Crippen LogP contribution in [-0.2, 0) is 35.2 Å². The number of nitrogens with zero attached hydrogens (tertiary/aromatic N) is 3. The molecule has 2 aliphatic heterocycles. The predicted molar refractivity (Wildman–Crippen MR) is 178 cm³/mol. The number of benzene rings is 3. The predicted octanol–water partition coefficient (Wildman–Crippen LogP) is 5.33. The van der Waals surface area contributed by atoms with E-state index in [1.54, 1.807) is 29.2 Å². The van der Waals surface area contributed by atoms with Gasteiger partial charge in [-0.1, -0.05) is 80.0 Å². The Balaban J connectivity index is 1.32. The van der Waals surface area contributed by atoms with E-state index in [-0.39, 0.29) is 23.8 Å². The van der Waals surface area contributed by atoms with Gasteiger partial charge >= 0.3 is 6.18 Å². The van der Waals surface area contributed by atoms with E-state index in [0.29, 0.717) is 63.8 Å². The topological polar surface area (TPSA) is 67.9 Å². The molecular formula is C36H43ClF3N5O2. The van der Waals surface area contributed by atoms with E-state index >= 15 is 0 Å². The molecule has 1 fully saturated rings. The van der Waals surface area contributed by atoms with Crippen molar-refractivity contribution in [3.05, 3.63) is 106 Å². The monoisotopic (exact) mass is 669 g/mol. The molecule has 7 nitrogen and oxygen atoms in total. The Morgan fingerprint density at radius 3 is 2.23 bits per heavy atom. The summed E-state index contributed by atoms with van der Waals surface area (Å²) in [5.74, 6) is -0.450. The third-order valence-electron chi connectivity index (χ3n) is 9.38. The van der Waals surface area contributed by atoms with E-state index in [1.165, 1.54) is 6.07 Å². The molecule has 252 valence electrons. The molecule has 5 rings (SSSR count). The van der Waals surface area contributed by atoms with Crippen molar-refractivity contribution in [2.45, 2.75) is 57.5 Å². The third-order valence-corrected chi connectivity index (χ3v) is 9.63. The average Bonchev–Trinajstić information content (AvgIpc) is 3.08. The van der Waals surface area contributed by atoms with Gasteiger partial charge in [-0.3, -0.25) is 14.5 Å². The normalized spacial score (nSPS) is 18.4. The summed E-state index contributed by atoms with van der Waals surface area (Å²) in [7, 11) is 0. The van der Waals surface area contributed by atoms with Crippen LogP contribution in [0.15, 0.2) is 72.8 Å². The number of nitrogens with one attached hydrogen (secondary N) is 2. The van der Waals surface area contributed by atoms with Gasteiger partial charge in [0.05, 0.1) is 11.6 Å². The highest BCUT2D eigenvalue weighted by Gasteiger charge is 2.38. The molecule has 3 atom stereocenters. The van der Waals surface area contributed by atoms with Gasteiger partial charge in [-0.15, -0.1) is 0 Å². The Labute approximate surface area is 280 Å². The minimum Gasteiger partial charge on any atom is -0.343 e. The lowest BCUT2D eigenvalue weighted by molar-refractivity contribution is -0.139. The van der Waals surface area contributed by atoms with Gasteiger partial charge in [0.25, 0.3) is 0 Å². The standard InChI is InChI=1S/C36H43ClF3N5O2/c1-3-43(4-2)24-33(29-11-7-8-12-30(29)36(38,39)40)44-17-19-45(20-18-44)35(47)32(21-25-13-15-28(37)16-14-25)42-34(46)31-22-26-9-5-6-10-27(26)23-41-31/h5-16,31-33,41H,3-4,17-24H2,1-2H3,(H,42,46)/t31?,32-,33?/m1/s1. The van der Waals surface area contributed by atoms with Crippen molar-refractivity contribution in [2.24, 2.45) is 0 Å². The summed E-state index contributed by atoms with van der Waals surface area (Å²) >= 11 is 6.10. The Kier molecular flexibility index (Phi) is 11.6. The number of carbonyl (C=O) groups excluding carboxylic acids is 2. The van der Waals surface area contributed by atoms with Crippen molar-refractivity contribution >= 4 is 23.4 Å². The molecule has 2 heterocycles. The van der Waals surface area contributed by atoms with E-state index in [1.807, 2.05) is 50.2 Å². The van der Waals surface area contributed by atoms with Gasteiger partial charge in [-0.25, -0.2) is 0 Å². The Bertz CT molecular complexity index is 1510. The number of rotatable bonds is 11. The van der Waals surface area contributed by atoms with Gasteiger partial charge in [0, 0.05) is 56.8 Å². The first-order chi connectivity index (χ1) is 22.6. The minimum atomic E-state index is -4.47. The van der Waals surface area contributed by atoms with Crippen LogP contribution in [0.1, 0.15) is 47.7 Å². The maximum absolute atomic E-state index is 14.1. The second kappa shape index (κ2) is 15.6. The fourth-order valence-electron chi connectivity index (χ4n) is 6.63. The largest absolute Gasteiger partial charge is 0.416 e. The molecule has 2 N–H and O–H groups in total. The average molecular weight is 670 g/mol. The van der Waals surface area contributed by atoms with Crippen molar-refractivity contribution in [3.8, 4) is 0 Å². The van der Waals surface area contributed by atoms with Crippen LogP contribution in [0.25, 0.3) is 0 Å². The number of piperazine rings is 1. The van der Waals surface area contributed by atoms with E-state index in [9.17, 15) is 22.8 Å². The quantitative estimate of drug-likeness (QED) is 0.289. The SMILES string of the molecule is CCN(CC)CC(c1ccccc1C(F)(F)F)N1CCN(C(=O)[C@@H](Cc2ccc(Cl)cc2)NC(=O)C2Cc3ccccc3CN2)CC1. The number of amides is 2. The van der Waals surface area contributed by atoms with E-state index in [4.69, 9.17) is 11.6 Å². The molecule has 11 heteroatoms. The molecule has 2 amide bonds. The zero-order valence-electron chi connectivity index (χ0n) is 26.9. The highest BCUT2D eigenvalue weighted by Crippen LogP contribution is 2.37. The molecule has 3 aromatic rings. The first-order valence-electron chi connectivity index (χ1n) is 16.3. The number of halogens is 4. The molecule has 2 unspecified atom stereocenters. The molecule has 0 aliphatic carbocycles. The van der Waals surface area contributed by atoms with Crippen molar-refractivity contribution in [2.75, 3.05) is 45.8 Å². The molecule has 3 aromatic carbocycles.